The summed E-state index contributed by atoms with van der Waals surface area (Å²) in [4.78, 5) is 14.6. The third kappa shape index (κ3) is 4.35. The second kappa shape index (κ2) is 8.60. The van der Waals surface area contributed by atoms with E-state index < -0.39 is 0 Å². The fraction of sp³-hybridized carbons (Fsp3) is 0.562. The first-order chi connectivity index (χ1) is 10.8. The van der Waals surface area contributed by atoms with Gasteiger partial charge in [-0.15, -0.1) is 0 Å². The normalized spacial score (nSPS) is 15.4. The number of methoxy groups -OCH3 is 2. The minimum absolute atomic E-state index is 0.141. The molecule has 1 aliphatic rings. The summed E-state index contributed by atoms with van der Waals surface area (Å²) >= 11 is 0. The van der Waals surface area contributed by atoms with Crippen LogP contribution in [-0.2, 0) is 4.74 Å². The standard InChI is InChI=1S/C16H24N2O4/c1-20-14-6-3-5-13(15(14)21-2)16(19)17-7-4-8-18-9-11-22-12-10-18/h3,5-6H,4,7-12H2,1-2H3,(H,17,19). The lowest BCUT2D eigenvalue weighted by atomic mass is 10.1. The summed E-state index contributed by atoms with van der Waals surface area (Å²) in [7, 11) is 3.09. The average Bonchev–Trinajstić information content (AvgIpc) is 2.58. The minimum atomic E-state index is -0.141. The molecule has 1 aromatic carbocycles. The zero-order chi connectivity index (χ0) is 15.8. The van der Waals surface area contributed by atoms with Gasteiger partial charge in [0.1, 0.15) is 0 Å². The first kappa shape index (κ1) is 16.6. The lowest BCUT2D eigenvalue weighted by Gasteiger charge is -2.26. The third-order valence-corrected chi connectivity index (χ3v) is 3.69. The first-order valence-electron chi connectivity index (χ1n) is 7.55. The molecule has 1 amide bonds. The Morgan fingerprint density at radius 1 is 1.27 bits per heavy atom. The maximum absolute atomic E-state index is 12.3. The molecule has 1 fully saturated rings. The van der Waals surface area contributed by atoms with Crippen LogP contribution in [0.3, 0.4) is 0 Å². The van der Waals surface area contributed by atoms with Gasteiger partial charge in [0.15, 0.2) is 11.5 Å². The van der Waals surface area contributed by atoms with Crippen molar-refractivity contribution in [2.24, 2.45) is 0 Å². The summed E-state index contributed by atoms with van der Waals surface area (Å²) in [5.74, 6) is 0.886. The third-order valence-electron chi connectivity index (χ3n) is 3.69. The van der Waals surface area contributed by atoms with E-state index in [1.165, 1.54) is 7.11 Å². The molecule has 0 unspecified atom stereocenters. The molecule has 2 rings (SSSR count). The molecule has 0 saturated carbocycles. The molecule has 1 saturated heterocycles. The van der Waals surface area contributed by atoms with Gasteiger partial charge < -0.3 is 19.5 Å². The molecular weight excluding hydrogens is 284 g/mol. The van der Waals surface area contributed by atoms with E-state index in [2.05, 4.69) is 10.2 Å². The minimum Gasteiger partial charge on any atom is -0.493 e. The molecule has 1 N–H and O–H groups in total. The Labute approximate surface area is 131 Å². The van der Waals surface area contributed by atoms with Crippen molar-refractivity contribution in [1.82, 2.24) is 10.2 Å². The fourth-order valence-corrected chi connectivity index (χ4v) is 2.49. The van der Waals surface area contributed by atoms with Gasteiger partial charge in [0.05, 0.1) is 33.0 Å². The van der Waals surface area contributed by atoms with Gasteiger partial charge in [0, 0.05) is 19.6 Å². The van der Waals surface area contributed by atoms with E-state index in [0.717, 1.165) is 39.3 Å². The highest BCUT2D eigenvalue weighted by Gasteiger charge is 2.16. The molecule has 0 radical (unpaired) electrons. The summed E-state index contributed by atoms with van der Waals surface area (Å²) in [6.45, 7) is 5.14. The number of hydrogen-bond donors (Lipinski definition) is 1. The van der Waals surface area contributed by atoms with Crippen LogP contribution in [0, 0.1) is 0 Å². The predicted octanol–water partition coefficient (Wildman–Crippen LogP) is 1.16. The first-order valence-corrected chi connectivity index (χ1v) is 7.55. The number of amides is 1. The number of para-hydroxylation sites is 1. The number of carbonyl (C=O) groups is 1. The number of benzene rings is 1. The van der Waals surface area contributed by atoms with Crippen molar-refractivity contribution in [1.29, 1.82) is 0 Å². The molecule has 122 valence electrons. The van der Waals surface area contributed by atoms with E-state index in [-0.39, 0.29) is 5.91 Å². The van der Waals surface area contributed by atoms with Crippen LogP contribution in [0.25, 0.3) is 0 Å². The molecule has 0 spiro atoms. The maximum Gasteiger partial charge on any atom is 0.255 e. The smallest absolute Gasteiger partial charge is 0.255 e. The Morgan fingerprint density at radius 2 is 2.05 bits per heavy atom. The summed E-state index contributed by atoms with van der Waals surface area (Å²) in [5, 5.41) is 2.93. The number of nitrogens with one attached hydrogen (secondary N) is 1. The van der Waals surface area contributed by atoms with E-state index in [0.29, 0.717) is 23.6 Å². The maximum atomic E-state index is 12.3. The summed E-state index contributed by atoms with van der Waals surface area (Å²) in [5.41, 5.74) is 0.494. The van der Waals surface area contributed by atoms with E-state index in [4.69, 9.17) is 14.2 Å². The number of nitrogens with zero attached hydrogens (tertiary/aromatic N) is 1. The van der Waals surface area contributed by atoms with Crippen LogP contribution in [0.5, 0.6) is 11.5 Å². The fourth-order valence-electron chi connectivity index (χ4n) is 2.49. The zero-order valence-corrected chi connectivity index (χ0v) is 13.3. The number of morpholine rings is 1. The van der Waals surface area contributed by atoms with Gasteiger partial charge in [-0.3, -0.25) is 9.69 Å². The van der Waals surface area contributed by atoms with E-state index in [9.17, 15) is 4.79 Å². The lowest BCUT2D eigenvalue weighted by molar-refractivity contribution is 0.0374. The summed E-state index contributed by atoms with van der Waals surface area (Å²) in [6.07, 6.45) is 0.915. The Kier molecular flexibility index (Phi) is 6.48. The highest BCUT2D eigenvalue weighted by atomic mass is 16.5. The van der Waals surface area contributed by atoms with Crippen molar-refractivity contribution in [3.05, 3.63) is 23.8 Å². The van der Waals surface area contributed by atoms with Crippen molar-refractivity contribution in [3.8, 4) is 11.5 Å². The Balaban J connectivity index is 1.82. The van der Waals surface area contributed by atoms with Crippen molar-refractivity contribution < 1.29 is 19.0 Å². The van der Waals surface area contributed by atoms with Crippen LogP contribution >= 0.6 is 0 Å². The number of carbonyl (C=O) groups excluding carboxylic acids is 1. The molecule has 22 heavy (non-hydrogen) atoms. The highest BCUT2D eigenvalue weighted by Crippen LogP contribution is 2.30. The van der Waals surface area contributed by atoms with Crippen molar-refractivity contribution in [2.45, 2.75) is 6.42 Å². The number of rotatable bonds is 7. The van der Waals surface area contributed by atoms with E-state index >= 15 is 0 Å². The predicted molar refractivity (Wildman–Crippen MR) is 83.8 cm³/mol. The van der Waals surface area contributed by atoms with Crippen LogP contribution < -0.4 is 14.8 Å². The van der Waals surface area contributed by atoms with Crippen LogP contribution in [0.2, 0.25) is 0 Å². The molecule has 1 heterocycles. The average molecular weight is 308 g/mol. The van der Waals surface area contributed by atoms with Gasteiger partial charge in [0.25, 0.3) is 5.91 Å². The summed E-state index contributed by atoms with van der Waals surface area (Å²) < 4.78 is 15.8. The van der Waals surface area contributed by atoms with Gasteiger partial charge in [-0.1, -0.05) is 6.07 Å². The molecular formula is C16H24N2O4. The topological polar surface area (TPSA) is 60.0 Å². The van der Waals surface area contributed by atoms with Crippen molar-refractivity contribution >= 4 is 5.91 Å². The highest BCUT2D eigenvalue weighted by molar-refractivity contribution is 5.97. The summed E-state index contributed by atoms with van der Waals surface area (Å²) in [6, 6.07) is 5.29. The van der Waals surface area contributed by atoms with Gasteiger partial charge in [-0.25, -0.2) is 0 Å². The van der Waals surface area contributed by atoms with Crippen LogP contribution in [0.4, 0.5) is 0 Å². The molecule has 0 atom stereocenters. The molecule has 0 aromatic heterocycles. The molecule has 0 bridgehead atoms. The van der Waals surface area contributed by atoms with Crippen molar-refractivity contribution in [2.75, 3.05) is 53.6 Å². The molecule has 6 nitrogen and oxygen atoms in total. The van der Waals surface area contributed by atoms with Crippen LogP contribution in [-0.4, -0.2) is 64.4 Å². The van der Waals surface area contributed by atoms with Crippen molar-refractivity contribution in [3.63, 3.8) is 0 Å². The lowest BCUT2D eigenvalue weighted by Crippen LogP contribution is -2.38. The number of hydrogen-bond acceptors (Lipinski definition) is 5. The monoisotopic (exact) mass is 308 g/mol. The number of ether oxygens (including phenoxy) is 3. The van der Waals surface area contributed by atoms with E-state index in [1.54, 1.807) is 25.3 Å². The zero-order valence-electron chi connectivity index (χ0n) is 13.3. The SMILES string of the molecule is COc1cccc(C(=O)NCCCN2CCOCC2)c1OC. The van der Waals surface area contributed by atoms with Gasteiger partial charge in [-0.05, 0) is 25.1 Å². The van der Waals surface area contributed by atoms with Gasteiger partial charge in [0.2, 0.25) is 0 Å². The van der Waals surface area contributed by atoms with Crippen LogP contribution in [0.1, 0.15) is 16.8 Å². The molecule has 1 aromatic rings. The Morgan fingerprint density at radius 3 is 2.73 bits per heavy atom. The Bertz CT molecular complexity index is 487. The largest absolute Gasteiger partial charge is 0.493 e. The van der Waals surface area contributed by atoms with Gasteiger partial charge in [-0.2, -0.15) is 0 Å². The van der Waals surface area contributed by atoms with E-state index in [1.807, 2.05) is 0 Å². The molecule has 6 heteroatoms. The second-order valence-electron chi connectivity index (χ2n) is 5.10. The quantitative estimate of drug-likeness (QED) is 0.766. The molecule has 1 aliphatic heterocycles. The molecule has 0 aliphatic carbocycles. The second-order valence-corrected chi connectivity index (χ2v) is 5.10. The van der Waals surface area contributed by atoms with Gasteiger partial charge >= 0.3 is 0 Å². The van der Waals surface area contributed by atoms with Crippen LogP contribution in [0.15, 0.2) is 18.2 Å². The Hall–Kier alpha value is -1.79.